The van der Waals surface area contributed by atoms with Gasteiger partial charge >= 0.3 is 12.1 Å². The average Bonchev–Trinajstić information content (AvgIpc) is 3.41. The van der Waals surface area contributed by atoms with Crippen LogP contribution in [-0.4, -0.2) is 54.2 Å². The Labute approximate surface area is 200 Å². The Morgan fingerprint density at radius 3 is 2.35 bits per heavy atom. The Kier molecular flexibility index (Phi) is 7.20. The molecule has 1 fully saturated rings. The van der Waals surface area contributed by atoms with E-state index in [2.05, 4.69) is 29.6 Å². The Morgan fingerprint density at radius 2 is 1.74 bits per heavy atom. The third kappa shape index (κ3) is 4.79. The first kappa shape index (κ1) is 23.8. The highest BCUT2D eigenvalue weighted by atomic mass is 16.5. The molecule has 0 aromatic heterocycles. The molecule has 2 N–H and O–H groups in total. The second kappa shape index (κ2) is 10.3. The van der Waals surface area contributed by atoms with Crippen LogP contribution in [0.15, 0.2) is 48.5 Å². The fraction of sp³-hybridized carbons (Fsp3) is 0.444. The minimum atomic E-state index is -0.818. The van der Waals surface area contributed by atoms with Gasteiger partial charge in [-0.15, -0.1) is 0 Å². The number of nitrogens with one attached hydrogen (secondary N) is 1. The minimum absolute atomic E-state index is 0.00696. The summed E-state index contributed by atoms with van der Waals surface area (Å²) < 4.78 is 5.52. The van der Waals surface area contributed by atoms with Crippen LogP contribution in [0.3, 0.4) is 0 Å². The van der Waals surface area contributed by atoms with Gasteiger partial charge in [0.15, 0.2) is 0 Å². The number of nitrogens with zero attached hydrogens (tertiary/aromatic N) is 1. The maximum Gasteiger partial charge on any atom is 0.407 e. The van der Waals surface area contributed by atoms with E-state index in [4.69, 9.17) is 4.74 Å². The van der Waals surface area contributed by atoms with Crippen LogP contribution in [0, 0.1) is 5.41 Å². The number of fused-ring (bicyclic) bond motifs is 3. The van der Waals surface area contributed by atoms with Crippen LogP contribution in [-0.2, 0) is 14.3 Å². The highest BCUT2D eigenvalue weighted by molar-refractivity contribution is 5.81. The number of carbonyl (C=O) groups is 3. The van der Waals surface area contributed by atoms with Gasteiger partial charge in [0.1, 0.15) is 6.61 Å². The molecular weight excluding hydrogens is 432 g/mol. The summed E-state index contributed by atoms with van der Waals surface area (Å²) in [6.07, 6.45) is 2.11. The van der Waals surface area contributed by atoms with Crippen LogP contribution >= 0.6 is 0 Å². The first-order chi connectivity index (χ1) is 16.4. The van der Waals surface area contributed by atoms with E-state index >= 15 is 0 Å². The third-order valence-electron chi connectivity index (χ3n) is 7.07. The van der Waals surface area contributed by atoms with Gasteiger partial charge in [-0.3, -0.25) is 9.59 Å². The predicted molar refractivity (Wildman–Crippen MR) is 128 cm³/mol. The van der Waals surface area contributed by atoms with E-state index in [0.717, 1.165) is 17.5 Å². The van der Waals surface area contributed by atoms with Gasteiger partial charge in [-0.25, -0.2) is 4.79 Å². The summed E-state index contributed by atoms with van der Waals surface area (Å²) in [7, 11) is 0. The number of aliphatic carboxylic acids is 1. The Morgan fingerprint density at radius 1 is 1.09 bits per heavy atom. The van der Waals surface area contributed by atoms with Crippen molar-refractivity contribution >= 4 is 18.0 Å². The minimum Gasteiger partial charge on any atom is -0.481 e. The van der Waals surface area contributed by atoms with Crippen LogP contribution in [0.5, 0.6) is 0 Å². The van der Waals surface area contributed by atoms with Crippen molar-refractivity contribution in [1.29, 1.82) is 0 Å². The number of carboxylic acid groups (broad SMARTS) is 1. The molecule has 4 rings (SSSR count). The molecule has 0 bridgehead atoms. The van der Waals surface area contributed by atoms with Gasteiger partial charge in [0.05, 0.1) is 5.41 Å². The van der Waals surface area contributed by atoms with Crippen molar-refractivity contribution in [2.45, 2.75) is 44.9 Å². The molecular formula is C27H32N2O5. The molecule has 1 aliphatic carbocycles. The van der Waals surface area contributed by atoms with Crippen molar-refractivity contribution in [2.75, 3.05) is 26.2 Å². The number of likely N-dealkylation sites (tertiary alicyclic amines) is 1. The third-order valence-corrected chi connectivity index (χ3v) is 7.07. The van der Waals surface area contributed by atoms with Crippen molar-refractivity contribution in [3.8, 4) is 11.1 Å². The Hall–Kier alpha value is -3.35. The lowest BCUT2D eigenvalue weighted by molar-refractivity contribution is -0.149. The number of ether oxygens (including phenoxy) is 1. The second-order valence-corrected chi connectivity index (χ2v) is 9.26. The Balaban J connectivity index is 1.21. The molecule has 1 atom stereocenters. The van der Waals surface area contributed by atoms with E-state index in [1.54, 1.807) is 4.90 Å². The van der Waals surface area contributed by atoms with E-state index in [9.17, 15) is 19.5 Å². The molecule has 7 nitrogen and oxygen atoms in total. The van der Waals surface area contributed by atoms with Crippen molar-refractivity contribution in [3.05, 3.63) is 59.7 Å². The molecule has 1 saturated heterocycles. The van der Waals surface area contributed by atoms with Gasteiger partial charge in [0.2, 0.25) is 5.91 Å². The summed E-state index contributed by atoms with van der Waals surface area (Å²) in [5.41, 5.74) is 3.86. The monoisotopic (exact) mass is 464 g/mol. The fourth-order valence-corrected chi connectivity index (χ4v) is 5.29. The van der Waals surface area contributed by atoms with Crippen LogP contribution < -0.4 is 5.32 Å². The van der Waals surface area contributed by atoms with Gasteiger partial charge in [-0.2, -0.15) is 0 Å². The van der Waals surface area contributed by atoms with Crippen molar-refractivity contribution in [1.82, 2.24) is 10.2 Å². The zero-order valence-corrected chi connectivity index (χ0v) is 19.6. The molecule has 0 spiro atoms. The lowest BCUT2D eigenvalue weighted by Crippen LogP contribution is -2.37. The molecule has 0 saturated carbocycles. The topological polar surface area (TPSA) is 95.9 Å². The molecule has 34 heavy (non-hydrogen) atoms. The Bertz CT molecular complexity index is 1020. The zero-order valence-electron chi connectivity index (χ0n) is 19.6. The van der Waals surface area contributed by atoms with Crippen LogP contribution in [0.1, 0.15) is 56.1 Å². The van der Waals surface area contributed by atoms with E-state index < -0.39 is 17.5 Å². The van der Waals surface area contributed by atoms with Gasteiger partial charge in [-0.1, -0.05) is 61.9 Å². The largest absolute Gasteiger partial charge is 0.481 e. The molecule has 180 valence electrons. The summed E-state index contributed by atoms with van der Waals surface area (Å²) in [6.45, 7) is 3.29. The van der Waals surface area contributed by atoms with E-state index in [0.29, 0.717) is 32.4 Å². The molecule has 1 aliphatic heterocycles. The molecule has 1 heterocycles. The summed E-state index contributed by atoms with van der Waals surface area (Å²) >= 11 is 0. The lowest BCUT2D eigenvalue weighted by Gasteiger charge is -2.24. The lowest BCUT2D eigenvalue weighted by atomic mass is 9.83. The second-order valence-electron chi connectivity index (χ2n) is 9.26. The number of benzene rings is 2. The van der Waals surface area contributed by atoms with Gasteiger partial charge in [0, 0.05) is 32.0 Å². The van der Waals surface area contributed by atoms with Gasteiger partial charge < -0.3 is 20.1 Å². The zero-order chi connectivity index (χ0) is 24.1. The molecule has 1 unspecified atom stereocenters. The van der Waals surface area contributed by atoms with Crippen LogP contribution in [0.4, 0.5) is 4.79 Å². The molecule has 0 radical (unpaired) electrons. The SMILES string of the molecule is CCCC1(C(=O)O)CCN(C(=O)CCCNC(=O)OCC2c3ccccc3-c3ccccc32)C1. The molecule has 7 heteroatoms. The smallest absolute Gasteiger partial charge is 0.407 e. The normalized spacial score (nSPS) is 18.9. The number of hydrogen-bond acceptors (Lipinski definition) is 4. The van der Waals surface area contributed by atoms with Crippen molar-refractivity contribution < 1.29 is 24.2 Å². The molecule has 2 aliphatic rings. The first-order valence-corrected chi connectivity index (χ1v) is 12.1. The number of carbonyl (C=O) groups excluding carboxylic acids is 2. The summed E-state index contributed by atoms with van der Waals surface area (Å²) in [6, 6.07) is 16.4. The average molecular weight is 465 g/mol. The number of hydrogen-bond donors (Lipinski definition) is 2. The maximum atomic E-state index is 12.5. The number of amides is 2. The summed E-state index contributed by atoms with van der Waals surface area (Å²) in [5, 5.41) is 12.3. The molecule has 2 amide bonds. The van der Waals surface area contributed by atoms with Crippen LogP contribution in [0.2, 0.25) is 0 Å². The fourth-order valence-electron chi connectivity index (χ4n) is 5.29. The van der Waals surface area contributed by atoms with Gasteiger partial charge in [0.25, 0.3) is 0 Å². The quantitative estimate of drug-likeness (QED) is 0.536. The standard InChI is InChI=1S/C27H32N2O5/c1-2-13-27(25(31)32)14-16-29(18-27)24(30)12-7-15-28-26(33)34-17-23-21-10-5-3-8-19(21)20-9-4-6-11-22(20)23/h3-6,8-11,23H,2,7,12-18H2,1H3,(H,28,33)(H,31,32). The van der Waals surface area contributed by atoms with E-state index in [1.807, 2.05) is 31.2 Å². The van der Waals surface area contributed by atoms with Gasteiger partial charge in [-0.05, 0) is 41.5 Å². The highest BCUT2D eigenvalue weighted by Gasteiger charge is 2.45. The number of alkyl carbamates (subject to hydrolysis) is 1. The van der Waals surface area contributed by atoms with Crippen molar-refractivity contribution in [3.63, 3.8) is 0 Å². The number of rotatable bonds is 9. The van der Waals surface area contributed by atoms with E-state index in [1.165, 1.54) is 11.1 Å². The first-order valence-electron chi connectivity index (χ1n) is 12.1. The number of carboxylic acids is 1. The summed E-state index contributed by atoms with van der Waals surface area (Å²) in [4.78, 5) is 38.2. The maximum absolute atomic E-state index is 12.5. The van der Waals surface area contributed by atoms with Crippen molar-refractivity contribution in [2.24, 2.45) is 5.41 Å². The summed E-state index contributed by atoms with van der Waals surface area (Å²) in [5.74, 6) is -0.873. The molecule has 2 aromatic rings. The van der Waals surface area contributed by atoms with Crippen LogP contribution in [0.25, 0.3) is 11.1 Å². The molecule has 2 aromatic carbocycles. The van der Waals surface area contributed by atoms with E-state index in [-0.39, 0.29) is 31.4 Å². The predicted octanol–water partition coefficient (Wildman–Crippen LogP) is 4.41. The highest BCUT2D eigenvalue weighted by Crippen LogP contribution is 2.44.